The number of benzene rings is 3. The third-order valence-electron chi connectivity index (χ3n) is 7.11. The van der Waals surface area contributed by atoms with Crippen molar-refractivity contribution in [1.82, 2.24) is 0 Å². The van der Waals surface area contributed by atoms with Crippen molar-refractivity contribution in [3.8, 4) is 23.0 Å². The molecular formula is C34H42O6. The first-order valence-corrected chi connectivity index (χ1v) is 14.4. The Kier molecular flexibility index (Phi) is 10.1. The first-order chi connectivity index (χ1) is 19.3. The van der Waals surface area contributed by atoms with Crippen LogP contribution in [-0.4, -0.2) is 37.0 Å². The molecule has 1 aliphatic rings. The predicted molar refractivity (Wildman–Crippen MR) is 157 cm³/mol. The molecule has 1 N–H and O–H groups in total. The van der Waals surface area contributed by atoms with E-state index in [1.807, 2.05) is 61.5 Å². The van der Waals surface area contributed by atoms with Crippen LogP contribution in [0.25, 0.3) is 0 Å². The number of rotatable bonds is 13. The summed E-state index contributed by atoms with van der Waals surface area (Å²) in [6.45, 7) is 11.8. The lowest BCUT2D eigenvalue weighted by Gasteiger charge is -2.30. The van der Waals surface area contributed by atoms with Gasteiger partial charge in [0.1, 0.15) is 29.6 Å². The van der Waals surface area contributed by atoms with Gasteiger partial charge in [0.05, 0.1) is 24.9 Å². The van der Waals surface area contributed by atoms with E-state index in [1.165, 1.54) is 0 Å². The molecule has 3 aromatic carbocycles. The van der Waals surface area contributed by atoms with E-state index in [0.29, 0.717) is 48.5 Å². The highest BCUT2D eigenvalue weighted by Crippen LogP contribution is 2.50. The first kappa shape index (κ1) is 29.5. The van der Waals surface area contributed by atoms with E-state index >= 15 is 0 Å². The van der Waals surface area contributed by atoms with E-state index in [4.69, 9.17) is 18.9 Å². The van der Waals surface area contributed by atoms with Crippen molar-refractivity contribution in [3.63, 3.8) is 0 Å². The molecule has 0 saturated carbocycles. The maximum absolute atomic E-state index is 13.2. The molecular weight excluding hydrogens is 504 g/mol. The second-order valence-electron chi connectivity index (χ2n) is 11.2. The average molecular weight is 547 g/mol. The maximum Gasteiger partial charge on any atom is 0.338 e. The lowest BCUT2D eigenvalue weighted by atomic mass is 9.80. The fourth-order valence-electron chi connectivity index (χ4n) is 4.61. The van der Waals surface area contributed by atoms with Gasteiger partial charge in [0, 0.05) is 29.2 Å². The average Bonchev–Trinajstić information content (AvgIpc) is 2.94. The van der Waals surface area contributed by atoms with Crippen LogP contribution in [0.4, 0.5) is 0 Å². The number of aliphatic hydroxyl groups is 1. The number of carbonyl (C=O) groups excluding carboxylic acids is 1. The summed E-state index contributed by atoms with van der Waals surface area (Å²) in [7, 11) is 0. The van der Waals surface area contributed by atoms with Gasteiger partial charge in [-0.15, -0.1) is 0 Å². The van der Waals surface area contributed by atoms with Gasteiger partial charge in [-0.1, -0.05) is 65.0 Å². The summed E-state index contributed by atoms with van der Waals surface area (Å²) in [5.41, 5.74) is 3.15. The normalized spacial score (nSPS) is 13.4. The third-order valence-corrected chi connectivity index (χ3v) is 7.11. The smallest absolute Gasteiger partial charge is 0.338 e. The Morgan fingerprint density at radius 1 is 0.825 bits per heavy atom. The molecule has 214 valence electrons. The molecule has 0 radical (unpaired) electrons. The highest BCUT2D eigenvalue weighted by molar-refractivity contribution is 5.92. The zero-order chi connectivity index (χ0) is 28.6. The quantitative estimate of drug-likeness (QED) is 0.173. The van der Waals surface area contributed by atoms with Gasteiger partial charge in [-0.25, -0.2) is 4.79 Å². The van der Waals surface area contributed by atoms with Crippen LogP contribution in [0.2, 0.25) is 0 Å². The van der Waals surface area contributed by atoms with Crippen molar-refractivity contribution in [2.45, 2.75) is 65.9 Å². The molecule has 0 aliphatic carbocycles. The van der Waals surface area contributed by atoms with Gasteiger partial charge in [0.25, 0.3) is 0 Å². The molecule has 0 fully saturated rings. The molecule has 4 rings (SSSR count). The van der Waals surface area contributed by atoms with Crippen molar-refractivity contribution < 1.29 is 28.8 Å². The van der Waals surface area contributed by atoms with Gasteiger partial charge in [-0.2, -0.15) is 0 Å². The Bertz CT molecular complexity index is 1220. The van der Waals surface area contributed by atoms with Crippen molar-refractivity contribution in [2.24, 2.45) is 11.8 Å². The zero-order valence-electron chi connectivity index (χ0n) is 24.3. The molecule has 0 amide bonds. The fraction of sp³-hybridized carbons (Fsp3) is 0.441. The summed E-state index contributed by atoms with van der Waals surface area (Å²) < 4.78 is 24.0. The Balaban J connectivity index is 1.72. The van der Waals surface area contributed by atoms with E-state index < -0.39 is 12.1 Å². The first-order valence-electron chi connectivity index (χ1n) is 14.4. The second kappa shape index (κ2) is 13.7. The zero-order valence-corrected chi connectivity index (χ0v) is 24.3. The van der Waals surface area contributed by atoms with Gasteiger partial charge in [0.15, 0.2) is 0 Å². The van der Waals surface area contributed by atoms with Crippen LogP contribution in [0.3, 0.4) is 0 Å². The number of hydrogen-bond acceptors (Lipinski definition) is 6. The van der Waals surface area contributed by atoms with Crippen molar-refractivity contribution in [1.29, 1.82) is 0 Å². The van der Waals surface area contributed by atoms with Crippen LogP contribution >= 0.6 is 0 Å². The molecule has 6 heteroatoms. The molecule has 40 heavy (non-hydrogen) atoms. The SMILES string of the molecule is CCC(O)COC(=O)c1ccccc1C1c2ccc(OCCC(C)C)cc2Oc2cc(OCCC(C)C)ccc21. The Morgan fingerprint density at radius 2 is 1.38 bits per heavy atom. The molecule has 0 spiro atoms. The van der Waals surface area contributed by atoms with E-state index in [0.717, 1.165) is 41.0 Å². The Labute approximate surface area is 238 Å². The fourth-order valence-corrected chi connectivity index (χ4v) is 4.61. The molecule has 1 atom stereocenters. The monoisotopic (exact) mass is 546 g/mol. The molecule has 1 heterocycles. The number of ether oxygens (including phenoxy) is 4. The second-order valence-corrected chi connectivity index (χ2v) is 11.2. The molecule has 0 aromatic heterocycles. The van der Waals surface area contributed by atoms with Crippen LogP contribution in [0.15, 0.2) is 60.7 Å². The van der Waals surface area contributed by atoms with Gasteiger partial charge in [-0.05, 0) is 54.9 Å². The number of hydrogen-bond donors (Lipinski definition) is 1. The minimum Gasteiger partial charge on any atom is -0.493 e. The maximum atomic E-state index is 13.2. The molecule has 3 aromatic rings. The van der Waals surface area contributed by atoms with Crippen LogP contribution < -0.4 is 14.2 Å². The number of carbonyl (C=O) groups is 1. The third kappa shape index (κ3) is 7.36. The summed E-state index contributed by atoms with van der Waals surface area (Å²) >= 11 is 0. The standard InChI is InChI=1S/C34H42O6/c1-6-24(35)21-39-34(36)28-10-8-7-9-27(28)33-29-13-11-25(37-17-15-22(2)3)19-31(29)40-32-20-26(12-14-30(32)33)38-18-16-23(4)5/h7-14,19-20,22-24,33,35H,6,15-18,21H2,1-5H3. The Morgan fingerprint density at radius 3 is 1.90 bits per heavy atom. The van der Waals surface area contributed by atoms with E-state index in [1.54, 1.807) is 6.07 Å². The summed E-state index contributed by atoms with van der Waals surface area (Å²) in [4.78, 5) is 13.2. The minimum atomic E-state index is -0.691. The summed E-state index contributed by atoms with van der Waals surface area (Å²) in [5.74, 6) is 3.22. The van der Waals surface area contributed by atoms with Gasteiger partial charge >= 0.3 is 5.97 Å². The topological polar surface area (TPSA) is 74.2 Å². The number of esters is 1. The number of fused-ring (bicyclic) bond motifs is 2. The van der Waals surface area contributed by atoms with Crippen molar-refractivity contribution in [2.75, 3.05) is 19.8 Å². The van der Waals surface area contributed by atoms with Crippen molar-refractivity contribution in [3.05, 3.63) is 82.9 Å². The lowest BCUT2D eigenvalue weighted by molar-refractivity contribution is 0.0249. The summed E-state index contributed by atoms with van der Waals surface area (Å²) in [5, 5.41) is 9.95. The molecule has 0 saturated heterocycles. The highest BCUT2D eigenvalue weighted by Gasteiger charge is 2.32. The minimum absolute atomic E-state index is 0.0429. The summed E-state index contributed by atoms with van der Waals surface area (Å²) in [6, 6.07) is 19.3. The molecule has 6 nitrogen and oxygen atoms in total. The number of aliphatic hydroxyl groups excluding tert-OH is 1. The molecule has 0 bridgehead atoms. The largest absolute Gasteiger partial charge is 0.493 e. The van der Waals surface area contributed by atoms with E-state index in [9.17, 15) is 9.90 Å². The van der Waals surface area contributed by atoms with Gasteiger partial charge < -0.3 is 24.1 Å². The van der Waals surface area contributed by atoms with Crippen LogP contribution in [0, 0.1) is 11.8 Å². The van der Waals surface area contributed by atoms with Gasteiger partial charge in [-0.3, -0.25) is 0 Å². The Hall–Kier alpha value is -3.51. The van der Waals surface area contributed by atoms with E-state index in [-0.39, 0.29) is 12.5 Å². The molecule has 1 aliphatic heterocycles. The van der Waals surface area contributed by atoms with Crippen molar-refractivity contribution >= 4 is 5.97 Å². The van der Waals surface area contributed by atoms with Crippen LogP contribution in [0.5, 0.6) is 23.0 Å². The predicted octanol–water partition coefficient (Wildman–Crippen LogP) is 7.75. The van der Waals surface area contributed by atoms with Gasteiger partial charge in [0.2, 0.25) is 0 Å². The van der Waals surface area contributed by atoms with Crippen LogP contribution in [0.1, 0.15) is 86.8 Å². The molecule has 1 unspecified atom stereocenters. The van der Waals surface area contributed by atoms with Crippen LogP contribution in [-0.2, 0) is 4.74 Å². The lowest BCUT2D eigenvalue weighted by Crippen LogP contribution is -2.20. The van der Waals surface area contributed by atoms with E-state index in [2.05, 4.69) is 27.7 Å². The summed E-state index contributed by atoms with van der Waals surface area (Å²) in [6.07, 6.45) is 1.74. The highest BCUT2D eigenvalue weighted by atomic mass is 16.5.